The predicted octanol–water partition coefficient (Wildman–Crippen LogP) is 1.27. The molecule has 3 atom stereocenters. The van der Waals surface area contributed by atoms with Gasteiger partial charge in [-0.15, -0.1) is 0 Å². The lowest BCUT2D eigenvalue weighted by Gasteiger charge is -2.32. The van der Waals surface area contributed by atoms with Gasteiger partial charge in [0.1, 0.15) is 12.6 Å². The summed E-state index contributed by atoms with van der Waals surface area (Å²) in [4.78, 5) is 25.0. The van der Waals surface area contributed by atoms with Crippen molar-refractivity contribution in [1.29, 1.82) is 0 Å². The van der Waals surface area contributed by atoms with E-state index in [0.29, 0.717) is 18.9 Å². The highest BCUT2D eigenvalue weighted by atomic mass is 16.5. The highest BCUT2D eigenvalue weighted by molar-refractivity contribution is 5.85. The molecule has 1 amide bonds. The number of amides is 1. The Bertz CT molecular complexity index is 331. The van der Waals surface area contributed by atoms with Crippen LogP contribution in [0.5, 0.6) is 0 Å². The lowest BCUT2D eigenvalue weighted by molar-refractivity contribution is -0.151. The second-order valence-electron chi connectivity index (χ2n) is 5.14. The molecule has 0 aromatic rings. The van der Waals surface area contributed by atoms with Gasteiger partial charge >= 0.3 is 5.97 Å². The minimum Gasteiger partial charge on any atom is -0.480 e. The summed E-state index contributed by atoms with van der Waals surface area (Å²) in [5, 5.41) is 9.27. The third-order valence-corrected chi connectivity index (χ3v) is 4.09. The van der Waals surface area contributed by atoms with Crippen LogP contribution >= 0.6 is 0 Å². The lowest BCUT2D eigenvalue weighted by atomic mass is 9.85. The Morgan fingerprint density at radius 3 is 2.72 bits per heavy atom. The first-order chi connectivity index (χ1) is 8.65. The molecular formula is C13H21NO4. The Kier molecular flexibility index (Phi) is 4.22. The normalized spacial score (nSPS) is 31.2. The highest BCUT2D eigenvalue weighted by Gasteiger charge is 2.47. The van der Waals surface area contributed by atoms with Gasteiger partial charge in [-0.1, -0.05) is 12.8 Å². The number of likely N-dealkylation sites (tertiary alicyclic amines) is 1. The smallest absolute Gasteiger partial charge is 0.326 e. The molecule has 0 bridgehead atoms. The van der Waals surface area contributed by atoms with Crippen LogP contribution in [0, 0.1) is 5.92 Å². The monoisotopic (exact) mass is 255 g/mol. The minimum absolute atomic E-state index is 0.00347. The van der Waals surface area contributed by atoms with Crippen LogP contribution in [0.2, 0.25) is 0 Å². The zero-order valence-corrected chi connectivity index (χ0v) is 10.8. The van der Waals surface area contributed by atoms with Crippen LogP contribution in [-0.2, 0) is 14.3 Å². The molecule has 5 nitrogen and oxygen atoms in total. The number of hydrogen-bond donors (Lipinski definition) is 1. The summed E-state index contributed by atoms with van der Waals surface area (Å²) in [6.45, 7) is 2.31. The Hall–Kier alpha value is -1.10. The van der Waals surface area contributed by atoms with Crippen LogP contribution in [0.15, 0.2) is 0 Å². The number of ether oxygens (including phenoxy) is 1. The van der Waals surface area contributed by atoms with Gasteiger partial charge < -0.3 is 14.7 Å². The third kappa shape index (κ3) is 2.51. The van der Waals surface area contributed by atoms with Gasteiger partial charge in [0.2, 0.25) is 5.91 Å². The average Bonchev–Trinajstić information content (AvgIpc) is 2.75. The van der Waals surface area contributed by atoms with Crippen molar-refractivity contribution in [1.82, 2.24) is 4.90 Å². The molecule has 1 saturated carbocycles. The average molecular weight is 255 g/mol. The summed E-state index contributed by atoms with van der Waals surface area (Å²) >= 11 is 0. The van der Waals surface area contributed by atoms with Gasteiger partial charge in [0.05, 0.1) is 0 Å². The second kappa shape index (κ2) is 5.69. The molecule has 0 unspecified atom stereocenters. The third-order valence-electron chi connectivity index (χ3n) is 4.09. The number of carboxylic acids is 1. The van der Waals surface area contributed by atoms with Gasteiger partial charge in [0.25, 0.3) is 0 Å². The summed E-state index contributed by atoms with van der Waals surface area (Å²) in [5.41, 5.74) is 0. The van der Waals surface area contributed by atoms with Crippen LogP contribution in [0.25, 0.3) is 0 Å². The molecule has 2 aliphatic rings. The molecule has 1 N–H and O–H groups in total. The summed E-state index contributed by atoms with van der Waals surface area (Å²) in [5.74, 6) is -0.682. The van der Waals surface area contributed by atoms with E-state index in [1.807, 2.05) is 6.92 Å². The second-order valence-corrected chi connectivity index (χ2v) is 5.14. The maximum atomic E-state index is 12.1. The first-order valence-electron chi connectivity index (χ1n) is 6.76. The van der Waals surface area contributed by atoms with Gasteiger partial charge in [-0.25, -0.2) is 4.79 Å². The molecule has 1 saturated heterocycles. The maximum Gasteiger partial charge on any atom is 0.326 e. The van der Waals surface area contributed by atoms with Crippen molar-refractivity contribution in [3.05, 3.63) is 0 Å². The van der Waals surface area contributed by atoms with Crippen molar-refractivity contribution in [2.45, 2.75) is 51.1 Å². The van der Waals surface area contributed by atoms with E-state index in [4.69, 9.17) is 4.74 Å². The van der Waals surface area contributed by atoms with Gasteiger partial charge in [-0.3, -0.25) is 4.79 Å². The lowest BCUT2D eigenvalue weighted by Crippen LogP contribution is -2.47. The number of aliphatic carboxylic acids is 1. The first kappa shape index (κ1) is 13.3. The highest BCUT2D eigenvalue weighted by Crippen LogP contribution is 2.39. The SMILES string of the molecule is CCOCC(=O)N1[C@H](C(=O)O)C[C@H]2CCCC[C@@H]21. The molecule has 0 aromatic carbocycles. The fourth-order valence-corrected chi connectivity index (χ4v) is 3.30. The van der Waals surface area contributed by atoms with E-state index in [2.05, 4.69) is 0 Å². The number of carbonyl (C=O) groups excluding carboxylic acids is 1. The van der Waals surface area contributed by atoms with E-state index in [9.17, 15) is 14.7 Å². The van der Waals surface area contributed by atoms with Gasteiger partial charge in [-0.05, 0) is 32.1 Å². The number of hydrogen-bond acceptors (Lipinski definition) is 3. The Labute approximate surface area is 107 Å². The van der Waals surface area contributed by atoms with Crippen molar-refractivity contribution in [2.24, 2.45) is 5.92 Å². The number of fused-ring (bicyclic) bond motifs is 1. The summed E-state index contributed by atoms with van der Waals surface area (Å²) in [7, 11) is 0. The molecule has 0 aromatic heterocycles. The van der Waals surface area contributed by atoms with E-state index >= 15 is 0 Å². The molecule has 5 heteroatoms. The van der Waals surface area contributed by atoms with Crippen LogP contribution in [-0.4, -0.2) is 47.2 Å². The van der Waals surface area contributed by atoms with Gasteiger partial charge in [-0.2, -0.15) is 0 Å². The molecule has 1 aliphatic carbocycles. The Morgan fingerprint density at radius 1 is 1.33 bits per heavy atom. The topological polar surface area (TPSA) is 66.8 Å². The van der Waals surface area contributed by atoms with Crippen molar-refractivity contribution in [2.75, 3.05) is 13.2 Å². The number of nitrogens with zero attached hydrogens (tertiary/aromatic N) is 1. The molecule has 1 aliphatic heterocycles. The van der Waals surface area contributed by atoms with Gasteiger partial charge in [0, 0.05) is 12.6 Å². The number of rotatable bonds is 4. The summed E-state index contributed by atoms with van der Waals surface area (Å²) in [6, 6.07) is -0.529. The maximum absolute atomic E-state index is 12.1. The summed E-state index contributed by atoms with van der Waals surface area (Å²) in [6.07, 6.45) is 4.84. The molecule has 2 fully saturated rings. The Balaban J connectivity index is 2.11. The molecule has 0 radical (unpaired) electrons. The van der Waals surface area contributed by atoms with Crippen molar-refractivity contribution >= 4 is 11.9 Å². The molecule has 2 rings (SSSR count). The molecule has 102 valence electrons. The van der Waals surface area contributed by atoms with E-state index in [-0.39, 0.29) is 18.6 Å². The molecule has 0 spiro atoms. The fraction of sp³-hybridized carbons (Fsp3) is 0.846. The van der Waals surface area contributed by atoms with E-state index in [1.54, 1.807) is 4.90 Å². The van der Waals surface area contributed by atoms with Crippen LogP contribution in [0.3, 0.4) is 0 Å². The van der Waals surface area contributed by atoms with Crippen LogP contribution < -0.4 is 0 Å². The van der Waals surface area contributed by atoms with Crippen molar-refractivity contribution in [3.63, 3.8) is 0 Å². The largest absolute Gasteiger partial charge is 0.480 e. The van der Waals surface area contributed by atoms with Crippen molar-refractivity contribution < 1.29 is 19.4 Å². The van der Waals surface area contributed by atoms with E-state index in [1.165, 1.54) is 0 Å². The molecule has 18 heavy (non-hydrogen) atoms. The van der Waals surface area contributed by atoms with Gasteiger partial charge in [0.15, 0.2) is 0 Å². The van der Waals surface area contributed by atoms with E-state index < -0.39 is 12.0 Å². The quantitative estimate of drug-likeness (QED) is 0.821. The summed E-state index contributed by atoms with van der Waals surface area (Å²) < 4.78 is 5.13. The molecular weight excluding hydrogens is 234 g/mol. The predicted molar refractivity (Wildman–Crippen MR) is 65.1 cm³/mol. The minimum atomic E-state index is -0.880. The van der Waals surface area contributed by atoms with Crippen LogP contribution in [0.4, 0.5) is 0 Å². The zero-order chi connectivity index (χ0) is 13.1. The molecule has 1 heterocycles. The van der Waals surface area contributed by atoms with E-state index in [0.717, 1.165) is 25.7 Å². The number of carbonyl (C=O) groups is 2. The zero-order valence-electron chi connectivity index (χ0n) is 10.8. The standard InChI is InChI=1S/C13H21NO4/c1-2-18-8-12(15)14-10-6-4-3-5-9(10)7-11(14)13(16)17/h9-11H,2-8H2,1H3,(H,16,17)/t9-,10+,11+/m1/s1. The fourth-order valence-electron chi connectivity index (χ4n) is 3.30. The van der Waals surface area contributed by atoms with Crippen molar-refractivity contribution in [3.8, 4) is 0 Å². The number of carboxylic acid groups (broad SMARTS) is 1. The van der Waals surface area contributed by atoms with Crippen LogP contribution in [0.1, 0.15) is 39.0 Å². The first-order valence-corrected chi connectivity index (χ1v) is 6.76. The Morgan fingerprint density at radius 2 is 2.06 bits per heavy atom.